The average molecular weight is 177 g/mol. The van der Waals surface area contributed by atoms with Gasteiger partial charge in [-0.3, -0.25) is 0 Å². The summed E-state index contributed by atoms with van der Waals surface area (Å²) < 4.78 is 0. The van der Waals surface area contributed by atoms with Crippen molar-refractivity contribution in [3.63, 3.8) is 0 Å². The van der Waals surface area contributed by atoms with Gasteiger partial charge in [0, 0.05) is 0 Å². The Hall–Kier alpha value is 0.474. The minimum absolute atomic E-state index is 0.569. The molecule has 3 nitrogen and oxygen atoms in total. The zero-order valence-electron chi connectivity index (χ0n) is 2.37. The van der Waals surface area contributed by atoms with E-state index in [2.05, 4.69) is 0 Å². The Morgan fingerprint density at radius 2 is 1.67 bits per heavy atom. The zero-order valence-corrected chi connectivity index (χ0v) is 4.87. The van der Waals surface area contributed by atoms with Crippen LogP contribution in [0.25, 0.3) is 0 Å². The van der Waals surface area contributed by atoms with Gasteiger partial charge in [-0.1, -0.05) is 0 Å². The number of nitrogens with zero attached hydrogens (tertiary/aromatic N) is 1. The van der Waals surface area contributed by atoms with Crippen LogP contribution in [0.15, 0.2) is 5.34 Å². The summed E-state index contributed by atoms with van der Waals surface area (Å²) in [5.41, 5.74) is 0. The van der Waals surface area contributed by atoms with Gasteiger partial charge in [0.15, 0.2) is 5.34 Å². The molecule has 0 aromatic rings. The molecule has 0 amide bonds. The monoisotopic (exact) mass is 175 g/mol. The average Bonchev–Trinajstić information content (AvgIpc) is 1.39. The van der Waals surface area contributed by atoms with Gasteiger partial charge >= 0.3 is 33.0 Å². The second-order valence-corrected chi connectivity index (χ2v) is 1.76. The molecule has 0 aliphatic carbocycles. The van der Waals surface area contributed by atoms with E-state index in [-0.39, 0.29) is 0 Å². The Balaban J connectivity index is 0. The van der Waals surface area contributed by atoms with E-state index in [0.29, 0.717) is 12.7 Å². The van der Waals surface area contributed by atoms with Gasteiger partial charge in [-0.25, -0.2) is 0 Å². The number of hydrogen-bond acceptors (Lipinski definition) is 2. The molecule has 0 aromatic heterocycles. The molecular weight excluding hydrogens is 176 g/mol. The van der Waals surface area contributed by atoms with Gasteiger partial charge in [-0.05, 0) is 0 Å². The summed E-state index contributed by atoms with van der Waals surface area (Å²) in [5.74, 6) is 0. The van der Waals surface area contributed by atoms with Crippen molar-refractivity contribution in [1.82, 2.24) is 0 Å². The predicted molar refractivity (Wildman–Crippen MR) is 19.3 cm³/mol. The van der Waals surface area contributed by atoms with Crippen molar-refractivity contribution in [2.24, 2.45) is 5.34 Å². The molecule has 0 bridgehead atoms. The molecule has 0 aromatic carbocycles. The fourth-order valence-electron chi connectivity index (χ4n) is 0. The molecule has 0 aliphatic rings. The number of rotatable bonds is 0. The standard InChI is InChI=1S/2ClH.HNO2.Ni/c;;2-1-3;/h2*1H;(H,2,3);/q;;;+2/p-2. The van der Waals surface area contributed by atoms with E-state index < -0.39 is 0 Å². The van der Waals surface area contributed by atoms with E-state index in [1.54, 1.807) is 0 Å². The van der Waals surface area contributed by atoms with Crippen LogP contribution in [0.3, 0.4) is 0 Å². The molecule has 0 saturated heterocycles. The van der Waals surface area contributed by atoms with Gasteiger partial charge in [-0.15, -0.1) is 4.91 Å². The van der Waals surface area contributed by atoms with Crippen LogP contribution in [0.1, 0.15) is 0 Å². The summed E-state index contributed by atoms with van der Waals surface area (Å²) in [5, 5.41) is 7.89. The quantitative estimate of drug-likeness (QED) is 0.346. The molecule has 0 atom stereocenters. The summed E-state index contributed by atoms with van der Waals surface area (Å²) in [4.78, 5) is 8.11. The molecular formula is HCl2NNiO2. The van der Waals surface area contributed by atoms with E-state index in [1.807, 2.05) is 0 Å². The van der Waals surface area contributed by atoms with Crippen molar-refractivity contribution in [2.45, 2.75) is 0 Å². The first kappa shape index (κ1) is 9.69. The van der Waals surface area contributed by atoms with Crippen molar-refractivity contribution in [3.05, 3.63) is 4.91 Å². The molecule has 6 heavy (non-hydrogen) atoms. The van der Waals surface area contributed by atoms with Crippen LogP contribution in [0.4, 0.5) is 0 Å². The van der Waals surface area contributed by atoms with Gasteiger partial charge < -0.3 is 5.21 Å². The minimum atomic E-state index is 0.569. The molecule has 42 valence electrons. The van der Waals surface area contributed by atoms with E-state index in [0.717, 1.165) is 0 Å². The van der Waals surface area contributed by atoms with E-state index in [9.17, 15) is 0 Å². The zero-order chi connectivity index (χ0) is 5.41. The molecule has 0 spiro atoms. The molecule has 0 radical (unpaired) electrons. The second kappa shape index (κ2) is 17.9. The van der Waals surface area contributed by atoms with Crippen LogP contribution in [0.2, 0.25) is 0 Å². The fourth-order valence-corrected chi connectivity index (χ4v) is 0. The van der Waals surface area contributed by atoms with Crippen molar-refractivity contribution in [3.8, 4) is 0 Å². The van der Waals surface area contributed by atoms with Crippen LogP contribution in [-0.4, -0.2) is 5.21 Å². The second-order valence-electron chi connectivity index (χ2n) is 0.127. The van der Waals surface area contributed by atoms with Gasteiger partial charge in [-0.2, -0.15) is 0 Å². The maximum absolute atomic E-state index is 8.11. The first-order valence-electron chi connectivity index (χ1n) is 0.622. The third-order valence-electron chi connectivity index (χ3n) is 0. The van der Waals surface area contributed by atoms with Crippen LogP contribution < -0.4 is 0 Å². The van der Waals surface area contributed by atoms with Gasteiger partial charge in [0.1, 0.15) is 0 Å². The van der Waals surface area contributed by atoms with Crippen LogP contribution in [0.5, 0.6) is 0 Å². The Morgan fingerprint density at radius 1 is 1.67 bits per heavy atom. The Morgan fingerprint density at radius 3 is 1.67 bits per heavy atom. The molecule has 0 rings (SSSR count). The molecule has 0 saturated carbocycles. The SMILES string of the molecule is O=NO.[Cl][Ni][Cl]. The summed E-state index contributed by atoms with van der Waals surface area (Å²) in [6, 6.07) is 0. The maximum atomic E-state index is 8.11. The van der Waals surface area contributed by atoms with E-state index in [4.69, 9.17) is 30.5 Å². The van der Waals surface area contributed by atoms with Gasteiger partial charge in [0.25, 0.3) is 0 Å². The van der Waals surface area contributed by atoms with Crippen molar-refractivity contribution in [2.75, 3.05) is 0 Å². The van der Waals surface area contributed by atoms with Crippen molar-refractivity contribution in [1.29, 1.82) is 0 Å². The van der Waals surface area contributed by atoms with E-state index >= 15 is 0 Å². The van der Waals surface area contributed by atoms with Crippen molar-refractivity contribution >= 4 is 20.4 Å². The summed E-state index contributed by atoms with van der Waals surface area (Å²) in [6.07, 6.45) is 0. The first-order chi connectivity index (χ1) is 2.83. The Labute approximate surface area is 48.9 Å². The molecule has 0 unspecified atom stereocenters. The summed E-state index contributed by atoms with van der Waals surface area (Å²) >= 11 is 0.569. The first-order valence-corrected chi connectivity index (χ1v) is 3.34. The molecule has 0 fully saturated rings. The van der Waals surface area contributed by atoms with Crippen LogP contribution in [-0.2, 0) is 12.7 Å². The normalized spacial score (nSPS) is 5.67. The number of halogens is 2. The van der Waals surface area contributed by atoms with Crippen LogP contribution in [0, 0.1) is 4.91 Å². The van der Waals surface area contributed by atoms with E-state index in [1.165, 1.54) is 5.34 Å². The Kier molecular flexibility index (Phi) is 28.9. The van der Waals surface area contributed by atoms with Crippen molar-refractivity contribution < 1.29 is 17.9 Å². The molecule has 6 heteroatoms. The van der Waals surface area contributed by atoms with Gasteiger partial charge in [0.05, 0.1) is 0 Å². The van der Waals surface area contributed by atoms with Crippen LogP contribution >= 0.6 is 20.4 Å². The third-order valence-corrected chi connectivity index (χ3v) is 0. The summed E-state index contributed by atoms with van der Waals surface area (Å²) in [6.45, 7) is 0. The third kappa shape index (κ3) is 241. The molecule has 1 N–H and O–H groups in total. The number of hydrogen-bond donors (Lipinski definition) is 1. The molecule has 0 heterocycles. The topological polar surface area (TPSA) is 49.7 Å². The predicted octanol–water partition coefficient (Wildman–Crippen LogP) is 1.52. The summed E-state index contributed by atoms with van der Waals surface area (Å²) in [7, 11) is 9.40. The van der Waals surface area contributed by atoms with Gasteiger partial charge in [0.2, 0.25) is 0 Å². The fraction of sp³-hybridized carbons (Fsp3) is 0. The Bertz CT molecular complexity index is 25.5. The molecule has 0 aliphatic heterocycles.